The second-order valence-electron chi connectivity index (χ2n) is 5.91. The summed E-state index contributed by atoms with van der Waals surface area (Å²) in [4.78, 5) is 23.6. The van der Waals surface area contributed by atoms with Crippen molar-refractivity contribution >= 4 is 11.8 Å². The summed E-state index contributed by atoms with van der Waals surface area (Å²) in [5, 5.41) is 3.17. The number of nitrogens with one attached hydrogen (secondary N) is 1. The molecule has 3 fully saturated rings. The van der Waals surface area contributed by atoms with Gasteiger partial charge in [-0.25, -0.2) is 0 Å². The lowest BCUT2D eigenvalue weighted by molar-refractivity contribution is -0.172. The summed E-state index contributed by atoms with van der Waals surface area (Å²) in [6.07, 6.45) is 0.742. The molecule has 3 atom stereocenters. The molecule has 2 bridgehead atoms. The standard InChI is InChI=1S/C12H19NO3/c1-7(14)9-8-5-12(9,13-6-8)10(15)16-11(2,3)4/h8-9,13H,5-6H2,1-4H3/t8?,9?,12-/m1/s1. The van der Waals surface area contributed by atoms with Gasteiger partial charge in [0.05, 0.1) is 5.92 Å². The van der Waals surface area contributed by atoms with Crippen LogP contribution in [-0.2, 0) is 14.3 Å². The average molecular weight is 225 g/mol. The molecule has 3 aliphatic rings. The Morgan fingerprint density at radius 2 is 2.00 bits per heavy atom. The van der Waals surface area contributed by atoms with Crippen LogP contribution in [0.5, 0.6) is 0 Å². The van der Waals surface area contributed by atoms with E-state index in [1.54, 1.807) is 6.92 Å². The fourth-order valence-electron chi connectivity index (χ4n) is 2.92. The summed E-state index contributed by atoms with van der Waals surface area (Å²) in [6, 6.07) is 0. The highest BCUT2D eigenvalue weighted by Gasteiger charge is 2.66. The van der Waals surface area contributed by atoms with Gasteiger partial charge in [-0.2, -0.15) is 0 Å². The zero-order valence-corrected chi connectivity index (χ0v) is 10.3. The predicted molar refractivity (Wildman–Crippen MR) is 58.9 cm³/mol. The van der Waals surface area contributed by atoms with Crippen LogP contribution in [0.3, 0.4) is 0 Å². The molecule has 4 nitrogen and oxygen atoms in total. The largest absolute Gasteiger partial charge is 0.459 e. The molecule has 0 spiro atoms. The number of ether oxygens (including phenoxy) is 1. The van der Waals surface area contributed by atoms with Gasteiger partial charge in [-0.3, -0.25) is 9.59 Å². The van der Waals surface area contributed by atoms with Gasteiger partial charge in [-0.15, -0.1) is 0 Å². The van der Waals surface area contributed by atoms with Gasteiger partial charge in [-0.05, 0) is 46.6 Å². The SMILES string of the molecule is CC(=O)C1C2CN[C@]1(C(=O)OC(C)(C)C)C2. The first kappa shape index (κ1) is 11.6. The summed E-state index contributed by atoms with van der Waals surface area (Å²) in [6.45, 7) is 7.84. The van der Waals surface area contributed by atoms with Crippen LogP contribution in [0.1, 0.15) is 34.1 Å². The third-order valence-electron chi connectivity index (χ3n) is 3.47. The zero-order valence-electron chi connectivity index (χ0n) is 10.3. The van der Waals surface area contributed by atoms with E-state index < -0.39 is 11.1 Å². The Bertz CT molecular complexity index is 341. The Kier molecular flexibility index (Phi) is 2.38. The molecule has 2 saturated heterocycles. The molecule has 0 amide bonds. The Morgan fingerprint density at radius 3 is 2.44 bits per heavy atom. The summed E-state index contributed by atoms with van der Waals surface area (Å²) in [7, 11) is 0. The summed E-state index contributed by atoms with van der Waals surface area (Å²) in [5.74, 6) is -0.0339. The van der Waals surface area contributed by atoms with Crippen molar-refractivity contribution in [1.29, 1.82) is 0 Å². The zero-order chi connectivity index (χ0) is 12.1. The van der Waals surface area contributed by atoms with Crippen LogP contribution in [0.15, 0.2) is 0 Å². The summed E-state index contributed by atoms with van der Waals surface area (Å²) in [5.41, 5.74) is -1.22. The summed E-state index contributed by atoms with van der Waals surface area (Å²) < 4.78 is 5.39. The van der Waals surface area contributed by atoms with Gasteiger partial charge in [0.1, 0.15) is 16.9 Å². The van der Waals surface area contributed by atoms with Crippen molar-refractivity contribution < 1.29 is 14.3 Å². The minimum Gasteiger partial charge on any atom is -0.459 e. The maximum atomic E-state index is 12.1. The second-order valence-corrected chi connectivity index (χ2v) is 5.91. The van der Waals surface area contributed by atoms with E-state index in [9.17, 15) is 9.59 Å². The molecular weight excluding hydrogens is 206 g/mol. The molecule has 0 radical (unpaired) electrons. The monoisotopic (exact) mass is 225 g/mol. The number of carbonyl (C=O) groups is 2. The molecule has 1 saturated carbocycles. The number of esters is 1. The van der Waals surface area contributed by atoms with E-state index in [2.05, 4.69) is 5.32 Å². The highest BCUT2D eigenvalue weighted by atomic mass is 16.6. The van der Waals surface area contributed by atoms with E-state index in [1.807, 2.05) is 20.8 Å². The van der Waals surface area contributed by atoms with Crippen molar-refractivity contribution in [2.75, 3.05) is 6.54 Å². The Hall–Kier alpha value is -0.900. The molecule has 16 heavy (non-hydrogen) atoms. The summed E-state index contributed by atoms with van der Waals surface area (Å²) >= 11 is 0. The van der Waals surface area contributed by atoms with Gasteiger partial charge in [0.2, 0.25) is 0 Å². The van der Waals surface area contributed by atoms with E-state index in [0.717, 1.165) is 13.0 Å². The third-order valence-corrected chi connectivity index (χ3v) is 3.47. The normalized spacial score (nSPS) is 36.8. The highest BCUT2D eigenvalue weighted by molar-refractivity contribution is 5.94. The first-order chi connectivity index (χ1) is 7.26. The van der Waals surface area contributed by atoms with Crippen molar-refractivity contribution in [3.8, 4) is 0 Å². The van der Waals surface area contributed by atoms with Crippen LogP contribution in [-0.4, -0.2) is 29.4 Å². The van der Waals surface area contributed by atoms with Crippen LogP contribution in [0.2, 0.25) is 0 Å². The van der Waals surface area contributed by atoms with Gasteiger partial charge in [0.25, 0.3) is 0 Å². The quantitative estimate of drug-likeness (QED) is 0.709. The molecule has 2 unspecified atom stereocenters. The molecule has 2 heterocycles. The van der Waals surface area contributed by atoms with E-state index in [0.29, 0.717) is 5.92 Å². The minimum atomic E-state index is -0.718. The lowest BCUT2D eigenvalue weighted by atomic mass is 9.61. The molecule has 0 aromatic rings. The van der Waals surface area contributed by atoms with Crippen molar-refractivity contribution in [3.63, 3.8) is 0 Å². The number of fused-ring (bicyclic) bond motifs is 1. The minimum absolute atomic E-state index is 0.0899. The molecule has 1 N–H and O–H groups in total. The predicted octanol–water partition coefficient (Wildman–Crippen LogP) is 0.895. The van der Waals surface area contributed by atoms with E-state index in [1.165, 1.54) is 0 Å². The second kappa shape index (κ2) is 3.29. The third kappa shape index (κ3) is 1.56. The van der Waals surface area contributed by atoms with E-state index in [-0.39, 0.29) is 17.7 Å². The van der Waals surface area contributed by atoms with Crippen LogP contribution in [0.25, 0.3) is 0 Å². The number of Topliss-reactive ketones (excluding diaryl/α,β-unsaturated/α-hetero) is 1. The fraction of sp³-hybridized carbons (Fsp3) is 0.833. The lowest BCUT2D eigenvalue weighted by Crippen LogP contribution is -2.62. The topological polar surface area (TPSA) is 55.4 Å². The van der Waals surface area contributed by atoms with Crippen molar-refractivity contribution in [2.45, 2.75) is 45.3 Å². The van der Waals surface area contributed by atoms with Crippen molar-refractivity contribution in [1.82, 2.24) is 5.32 Å². The van der Waals surface area contributed by atoms with Crippen molar-refractivity contribution in [2.24, 2.45) is 11.8 Å². The van der Waals surface area contributed by atoms with Gasteiger partial charge in [-0.1, -0.05) is 0 Å². The average Bonchev–Trinajstić information content (AvgIpc) is 2.54. The van der Waals surface area contributed by atoms with E-state index in [4.69, 9.17) is 4.74 Å². The molecule has 2 aliphatic heterocycles. The number of ketones is 1. The molecule has 0 aromatic heterocycles. The fourth-order valence-corrected chi connectivity index (χ4v) is 2.92. The molecule has 1 aliphatic carbocycles. The maximum absolute atomic E-state index is 12.1. The Balaban J connectivity index is 2.14. The first-order valence-electron chi connectivity index (χ1n) is 5.75. The van der Waals surface area contributed by atoms with Gasteiger partial charge >= 0.3 is 5.97 Å². The number of rotatable bonds is 2. The molecule has 3 rings (SSSR count). The van der Waals surface area contributed by atoms with Gasteiger partial charge in [0.15, 0.2) is 0 Å². The number of hydrogen-bond acceptors (Lipinski definition) is 4. The van der Waals surface area contributed by atoms with Crippen LogP contribution in [0.4, 0.5) is 0 Å². The molecule has 4 heteroatoms. The van der Waals surface area contributed by atoms with Crippen LogP contribution in [0, 0.1) is 11.8 Å². The lowest BCUT2D eigenvalue weighted by Gasteiger charge is -2.43. The molecule has 0 aromatic carbocycles. The molecular formula is C12H19NO3. The smallest absolute Gasteiger partial charge is 0.327 e. The number of hydrogen-bond donors (Lipinski definition) is 1. The van der Waals surface area contributed by atoms with Gasteiger partial charge < -0.3 is 10.1 Å². The Morgan fingerprint density at radius 1 is 1.38 bits per heavy atom. The Labute approximate surface area is 95.7 Å². The van der Waals surface area contributed by atoms with Gasteiger partial charge in [0, 0.05) is 0 Å². The molecule has 90 valence electrons. The first-order valence-corrected chi connectivity index (χ1v) is 5.75. The van der Waals surface area contributed by atoms with Crippen LogP contribution >= 0.6 is 0 Å². The maximum Gasteiger partial charge on any atom is 0.327 e. The van der Waals surface area contributed by atoms with Crippen molar-refractivity contribution in [3.05, 3.63) is 0 Å². The van der Waals surface area contributed by atoms with Crippen LogP contribution < -0.4 is 5.32 Å². The van der Waals surface area contributed by atoms with E-state index >= 15 is 0 Å². The number of carbonyl (C=O) groups excluding carboxylic acids is 2. The highest BCUT2D eigenvalue weighted by Crippen LogP contribution is 2.50.